The number of benzene rings is 2. The van der Waals surface area contributed by atoms with Crippen LogP contribution in [0.5, 0.6) is 11.5 Å². The largest absolute Gasteiger partial charge is 0.454 e. The fraction of sp³-hybridized carbons (Fsp3) is 0.385. The number of fused-ring (bicyclic) bond motifs is 2. The molecule has 4 amide bonds. The summed E-state index contributed by atoms with van der Waals surface area (Å²) in [4.78, 5) is 55.2. The van der Waals surface area contributed by atoms with Crippen LogP contribution in [0.2, 0.25) is 0 Å². The first-order chi connectivity index (χ1) is 17.5. The van der Waals surface area contributed by atoms with Crippen LogP contribution in [0.25, 0.3) is 0 Å². The van der Waals surface area contributed by atoms with Gasteiger partial charge < -0.3 is 19.7 Å². The molecule has 3 aliphatic rings. The van der Waals surface area contributed by atoms with Crippen LogP contribution in [-0.2, 0) is 4.79 Å². The lowest BCUT2D eigenvalue weighted by Gasteiger charge is -2.34. The van der Waals surface area contributed by atoms with E-state index in [0.717, 1.165) is 13.1 Å². The summed E-state index contributed by atoms with van der Waals surface area (Å²) in [5.74, 6) is 0.502. The second kappa shape index (κ2) is 11.6. The Bertz CT molecular complexity index is 1160. The number of nitrogens with zero attached hydrogens (tertiary/aromatic N) is 3. The van der Waals surface area contributed by atoms with Gasteiger partial charge in [-0.25, -0.2) is 0 Å². The first kappa shape index (κ1) is 26.4. The highest BCUT2D eigenvalue weighted by Crippen LogP contribution is 2.32. The molecule has 1 fully saturated rings. The number of rotatable bonds is 8. The second-order valence-corrected chi connectivity index (χ2v) is 8.96. The number of carbonyl (C=O) groups excluding carboxylic acids is 4. The maximum absolute atomic E-state index is 12.6. The molecule has 0 unspecified atom stereocenters. The first-order valence-corrected chi connectivity index (χ1v) is 12.1. The van der Waals surface area contributed by atoms with Gasteiger partial charge in [0, 0.05) is 57.8 Å². The summed E-state index contributed by atoms with van der Waals surface area (Å²) in [7, 11) is 0. The van der Waals surface area contributed by atoms with Gasteiger partial charge in [0.25, 0.3) is 17.7 Å². The molecular formula is C26H29ClN4O6. The van der Waals surface area contributed by atoms with E-state index >= 15 is 0 Å². The Morgan fingerprint density at radius 3 is 2.24 bits per heavy atom. The summed E-state index contributed by atoms with van der Waals surface area (Å²) in [6.07, 6.45) is 0.732. The van der Waals surface area contributed by atoms with Crippen molar-refractivity contribution in [3.8, 4) is 11.5 Å². The van der Waals surface area contributed by atoms with Crippen molar-refractivity contribution in [1.82, 2.24) is 20.0 Å². The average Bonchev–Trinajstić information content (AvgIpc) is 3.47. The molecule has 0 aliphatic carbocycles. The SMILES string of the molecule is Cl.O=C(NCCN1CCN(C(=O)CCCN2C(=O)c3ccccc3C2=O)CC1)c1ccc2c(c1)OCO2. The Morgan fingerprint density at radius 1 is 0.865 bits per heavy atom. The third-order valence-electron chi connectivity index (χ3n) is 6.72. The van der Waals surface area contributed by atoms with Crippen LogP contribution < -0.4 is 14.8 Å². The molecule has 10 nitrogen and oxygen atoms in total. The Labute approximate surface area is 220 Å². The second-order valence-electron chi connectivity index (χ2n) is 8.96. The fourth-order valence-corrected chi connectivity index (χ4v) is 4.68. The van der Waals surface area contributed by atoms with Gasteiger partial charge in [0.2, 0.25) is 12.7 Å². The molecule has 37 heavy (non-hydrogen) atoms. The van der Waals surface area contributed by atoms with E-state index < -0.39 is 0 Å². The highest BCUT2D eigenvalue weighted by atomic mass is 35.5. The first-order valence-electron chi connectivity index (χ1n) is 12.1. The lowest BCUT2D eigenvalue weighted by molar-refractivity contribution is -0.133. The number of piperazine rings is 1. The Balaban J connectivity index is 0.00000320. The van der Waals surface area contributed by atoms with E-state index in [9.17, 15) is 19.2 Å². The van der Waals surface area contributed by atoms with Gasteiger partial charge >= 0.3 is 0 Å². The van der Waals surface area contributed by atoms with Gasteiger partial charge in [-0.1, -0.05) is 12.1 Å². The monoisotopic (exact) mass is 528 g/mol. The van der Waals surface area contributed by atoms with Crippen molar-refractivity contribution in [2.24, 2.45) is 0 Å². The molecule has 0 saturated carbocycles. The Morgan fingerprint density at radius 2 is 1.54 bits per heavy atom. The standard InChI is InChI=1S/C26H28N4O6.ClH/c31-23(6-3-10-30-25(33)19-4-1-2-5-20(19)26(30)34)29-14-12-28(13-15-29)11-9-27-24(32)18-7-8-21-22(16-18)36-17-35-21;/h1-2,4-5,7-8,16H,3,6,9-15,17H2,(H,27,32);1H. The van der Waals surface area contributed by atoms with Crippen LogP contribution in [0, 0.1) is 0 Å². The average molecular weight is 529 g/mol. The summed E-state index contributed by atoms with van der Waals surface area (Å²) in [5, 5.41) is 2.92. The van der Waals surface area contributed by atoms with E-state index in [2.05, 4.69) is 10.2 Å². The number of amides is 4. The molecule has 0 bridgehead atoms. The van der Waals surface area contributed by atoms with Gasteiger partial charge in [-0.3, -0.25) is 29.0 Å². The number of halogens is 1. The van der Waals surface area contributed by atoms with E-state index in [4.69, 9.17) is 9.47 Å². The molecule has 0 radical (unpaired) electrons. The third kappa shape index (κ3) is 5.70. The van der Waals surface area contributed by atoms with Crippen LogP contribution in [-0.4, -0.2) is 90.9 Å². The zero-order valence-electron chi connectivity index (χ0n) is 20.3. The lowest BCUT2D eigenvalue weighted by Crippen LogP contribution is -2.50. The van der Waals surface area contributed by atoms with Crippen LogP contribution in [0.1, 0.15) is 43.9 Å². The number of hydrogen-bond donors (Lipinski definition) is 1. The minimum atomic E-state index is -0.290. The van der Waals surface area contributed by atoms with E-state index in [0.29, 0.717) is 67.2 Å². The number of carbonyl (C=O) groups is 4. The van der Waals surface area contributed by atoms with E-state index in [-0.39, 0.29) is 49.4 Å². The molecule has 0 spiro atoms. The quantitative estimate of drug-likeness (QED) is 0.520. The molecular weight excluding hydrogens is 500 g/mol. The summed E-state index contributed by atoms with van der Waals surface area (Å²) in [6.45, 7) is 4.28. The van der Waals surface area contributed by atoms with Gasteiger partial charge in [-0.05, 0) is 36.8 Å². The molecule has 1 N–H and O–H groups in total. The van der Waals surface area contributed by atoms with Gasteiger partial charge in [-0.2, -0.15) is 0 Å². The zero-order valence-corrected chi connectivity index (χ0v) is 21.1. The zero-order chi connectivity index (χ0) is 25.1. The highest BCUT2D eigenvalue weighted by Gasteiger charge is 2.34. The predicted molar refractivity (Wildman–Crippen MR) is 136 cm³/mol. The molecule has 2 aromatic rings. The predicted octanol–water partition coefficient (Wildman–Crippen LogP) is 1.79. The number of imide groups is 1. The van der Waals surface area contributed by atoms with E-state index in [1.807, 2.05) is 4.90 Å². The van der Waals surface area contributed by atoms with Crippen molar-refractivity contribution >= 4 is 36.0 Å². The molecule has 5 rings (SSSR count). The maximum Gasteiger partial charge on any atom is 0.261 e. The fourth-order valence-electron chi connectivity index (χ4n) is 4.68. The number of hydrogen-bond acceptors (Lipinski definition) is 7. The summed E-state index contributed by atoms with van der Waals surface area (Å²) < 4.78 is 10.6. The molecule has 2 aromatic carbocycles. The van der Waals surface area contributed by atoms with Gasteiger partial charge in [0.15, 0.2) is 11.5 Å². The van der Waals surface area contributed by atoms with Crippen molar-refractivity contribution in [3.63, 3.8) is 0 Å². The number of ether oxygens (including phenoxy) is 2. The summed E-state index contributed by atoms with van der Waals surface area (Å²) >= 11 is 0. The van der Waals surface area contributed by atoms with E-state index in [1.165, 1.54) is 4.90 Å². The van der Waals surface area contributed by atoms with E-state index in [1.54, 1.807) is 42.5 Å². The van der Waals surface area contributed by atoms with Crippen molar-refractivity contribution < 1.29 is 28.7 Å². The molecule has 0 atom stereocenters. The van der Waals surface area contributed by atoms with Crippen molar-refractivity contribution in [2.75, 3.05) is 52.6 Å². The minimum absolute atomic E-state index is 0. The summed E-state index contributed by atoms with van der Waals surface area (Å²) in [5.41, 5.74) is 1.38. The molecule has 0 aromatic heterocycles. The number of nitrogens with one attached hydrogen (secondary N) is 1. The van der Waals surface area contributed by atoms with Crippen molar-refractivity contribution in [1.29, 1.82) is 0 Å². The van der Waals surface area contributed by atoms with Crippen LogP contribution in [0.15, 0.2) is 42.5 Å². The van der Waals surface area contributed by atoms with Crippen LogP contribution in [0.3, 0.4) is 0 Å². The molecule has 1 saturated heterocycles. The molecule has 196 valence electrons. The topological polar surface area (TPSA) is 108 Å². The molecule has 3 aliphatic heterocycles. The van der Waals surface area contributed by atoms with Crippen molar-refractivity contribution in [3.05, 3.63) is 59.2 Å². The van der Waals surface area contributed by atoms with Gasteiger partial charge in [0.05, 0.1) is 11.1 Å². The minimum Gasteiger partial charge on any atom is -0.454 e. The van der Waals surface area contributed by atoms with Gasteiger partial charge in [-0.15, -0.1) is 12.4 Å². The van der Waals surface area contributed by atoms with Gasteiger partial charge in [0.1, 0.15) is 0 Å². The highest BCUT2D eigenvalue weighted by molar-refractivity contribution is 6.21. The smallest absolute Gasteiger partial charge is 0.261 e. The summed E-state index contributed by atoms with van der Waals surface area (Å²) in [6, 6.07) is 11.9. The van der Waals surface area contributed by atoms with Crippen molar-refractivity contribution in [2.45, 2.75) is 12.8 Å². The lowest BCUT2D eigenvalue weighted by atomic mass is 10.1. The van der Waals surface area contributed by atoms with Crippen LogP contribution >= 0.6 is 12.4 Å². The van der Waals surface area contributed by atoms with Crippen LogP contribution in [0.4, 0.5) is 0 Å². The normalized spacial score (nSPS) is 16.4. The Kier molecular flexibility index (Phi) is 8.30. The maximum atomic E-state index is 12.6. The molecule has 11 heteroatoms. The third-order valence-corrected chi connectivity index (χ3v) is 6.72. The Hall–Kier alpha value is -3.63. The molecule has 3 heterocycles.